The Morgan fingerprint density at radius 2 is 2.18 bits per heavy atom. The third-order valence-electron chi connectivity index (χ3n) is 1.99. The van der Waals surface area contributed by atoms with Gasteiger partial charge in [0.05, 0.1) is 6.42 Å². The SMILES string of the molecule is O=c1[nH]nc2ccc(NCCC(F)(F)F)nn12. The van der Waals surface area contributed by atoms with Crippen LogP contribution in [0.25, 0.3) is 5.65 Å². The number of nitrogens with one attached hydrogen (secondary N) is 2. The molecule has 2 rings (SSSR count). The third-order valence-corrected chi connectivity index (χ3v) is 1.99. The number of aromatic nitrogens is 4. The standard InChI is InChI=1S/C8H8F3N5O/c9-8(10,11)3-4-12-5-1-2-6-13-14-7(17)16(6)15-5/h1-2H,3-4H2,(H,12,15)(H,14,17). The number of rotatable bonds is 3. The van der Waals surface area contributed by atoms with E-state index in [9.17, 15) is 18.0 Å². The predicted octanol–water partition coefficient (Wildman–Crippen LogP) is 0.782. The third kappa shape index (κ3) is 2.74. The van der Waals surface area contributed by atoms with Crippen LogP contribution in [-0.2, 0) is 0 Å². The first kappa shape index (κ1) is 11.4. The smallest absolute Gasteiger partial charge is 0.368 e. The number of hydrogen-bond acceptors (Lipinski definition) is 4. The molecular weight excluding hydrogens is 239 g/mol. The van der Waals surface area contributed by atoms with Crippen molar-refractivity contribution >= 4 is 11.5 Å². The summed E-state index contributed by atoms with van der Waals surface area (Å²) >= 11 is 0. The summed E-state index contributed by atoms with van der Waals surface area (Å²) in [5.74, 6) is 0.185. The normalized spacial score (nSPS) is 11.9. The summed E-state index contributed by atoms with van der Waals surface area (Å²) < 4.78 is 36.7. The van der Waals surface area contributed by atoms with Crippen molar-refractivity contribution in [1.29, 1.82) is 0 Å². The summed E-state index contributed by atoms with van der Waals surface area (Å²) in [6.45, 7) is -0.297. The quantitative estimate of drug-likeness (QED) is 0.840. The summed E-state index contributed by atoms with van der Waals surface area (Å²) in [6, 6.07) is 2.92. The number of H-pyrrole nitrogens is 1. The van der Waals surface area contributed by atoms with Gasteiger partial charge in [0.1, 0.15) is 5.82 Å². The van der Waals surface area contributed by atoms with E-state index < -0.39 is 18.3 Å². The van der Waals surface area contributed by atoms with Gasteiger partial charge in [0.25, 0.3) is 0 Å². The first-order chi connectivity index (χ1) is 7.96. The van der Waals surface area contributed by atoms with Crippen LogP contribution in [0.5, 0.6) is 0 Å². The summed E-state index contributed by atoms with van der Waals surface area (Å²) in [7, 11) is 0. The van der Waals surface area contributed by atoms with Crippen molar-refractivity contribution < 1.29 is 13.2 Å². The Balaban J connectivity index is 2.09. The van der Waals surface area contributed by atoms with Gasteiger partial charge in [-0.15, -0.1) is 5.10 Å². The molecule has 0 aliphatic carbocycles. The fourth-order valence-corrected chi connectivity index (χ4v) is 1.23. The van der Waals surface area contributed by atoms with Crippen LogP contribution in [0, 0.1) is 0 Å². The molecule has 0 bridgehead atoms. The highest BCUT2D eigenvalue weighted by atomic mass is 19.4. The van der Waals surface area contributed by atoms with Gasteiger partial charge in [-0.05, 0) is 12.1 Å². The average Bonchev–Trinajstić information content (AvgIpc) is 2.59. The molecule has 0 saturated carbocycles. The van der Waals surface area contributed by atoms with Crippen LogP contribution in [-0.4, -0.2) is 32.5 Å². The van der Waals surface area contributed by atoms with E-state index in [1.54, 1.807) is 0 Å². The lowest BCUT2D eigenvalue weighted by molar-refractivity contribution is -0.131. The molecule has 17 heavy (non-hydrogen) atoms. The molecule has 92 valence electrons. The molecule has 0 atom stereocenters. The van der Waals surface area contributed by atoms with Crippen molar-refractivity contribution in [1.82, 2.24) is 19.8 Å². The summed E-state index contributed by atoms with van der Waals surface area (Å²) in [5.41, 5.74) is -0.240. The van der Waals surface area contributed by atoms with Gasteiger partial charge in [0.15, 0.2) is 5.65 Å². The molecule has 0 spiro atoms. The molecule has 2 N–H and O–H groups in total. The molecule has 2 aromatic heterocycles. The van der Waals surface area contributed by atoms with Crippen molar-refractivity contribution in [2.75, 3.05) is 11.9 Å². The van der Waals surface area contributed by atoms with Crippen LogP contribution in [0.3, 0.4) is 0 Å². The van der Waals surface area contributed by atoms with E-state index in [0.29, 0.717) is 5.65 Å². The Hall–Kier alpha value is -2.06. The highest BCUT2D eigenvalue weighted by Gasteiger charge is 2.26. The van der Waals surface area contributed by atoms with Crippen molar-refractivity contribution in [2.45, 2.75) is 12.6 Å². The fourth-order valence-electron chi connectivity index (χ4n) is 1.23. The second-order valence-corrected chi connectivity index (χ2v) is 3.31. The first-order valence-corrected chi connectivity index (χ1v) is 4.71. The number of anilines is 1. The highest BCUT2D eigenvalue weighted by molar-refractivity contribution is 5.42. The van der Waals surface area contributed by atoms with Gasteiger partial charge in [-0.2, -0.15) is 22.8 Å². The maximum absolute atomic E-state index is 11.9. The molecule has 0 aliphatic heterocycles. The van der Waals surface area contributed by atoms with Crippen molar-refractivity contribution in [3.05, 3.63) is 22.6 Å². The van der Waals surface area contributed by atoms with Gasteiger partial charge in [0.2, 0.25) is 0 Å². The van der Waals surface area contributed by atoms with E-state index in [0.717, 1.165) is 4.52 Å². The second kappa shape index (κ2) is 4.07. The maximum atomic E-state index is 11.9. The molecule has 2 heterocycles. The van der Waals surface area contributed by atoms with E-state index in [4.69, 9.17) is 0 Å². The molecule has 0 aromatic carbocycles. The lowest BCUT2D eigenvalue weighted by Gasteiger charge is -2.07. The lowest BCUT2D eigenvalue weighted by Crippen LogP contribution is -2.17. The topological polar surface area (TPSA) is 75.1 Å². The molecule has 6 nitrogen and oxygen atoms in total. The monoisotopic (exact) mass is 247 g/mol. The van der Waals surface area contributed by atoms with Crippen LogP contribution in [0.2, 0.25) is 0 Å². The molecule has 0 amide bonds. The maximum Gasteiger partial charge on any atom is 0.390 e. The van der Waals surface area contributed by atoms with Crippen LogP contribution >= 0.6 is 0 Å². The Kier molecular flexibility index (Phi) is 2.74. The molecular formula is C8H8F3N5O. The first-order valence-electron chi connectivity index (χ1n) is 4.71. The summed E-state index contributed by atoms with van der Waals surface area (Å²) in [4.78, 5) is 11.1. The number of fused-ring (bicyclic) bond motifs is 1. The molecule has 0 saturated heterocycles. The number of aromatic amines is 1. The molecule has 0 fully saturated rings. The van der Waals surface area contributed by atoms with Crippen LogP contribution in [0.1, 0.15) is 6.42 Å². The predicted molar refractivity (Wildman–Crippen MR) is 52.8 cm³/mol. The number of nitrogens with zero attached hydrogens (tertiary/aromatic N) is 3. The fraction of sp³-hybridized carbons (Fsp3) is 0.375. The van der Waals surface area contributed by atoms with Crippen LogP contribution in [0.15, 0.2) is 16.9 Å². The van der Waals surface area contributed by atoms with E-state index >= 15 is 0 Å². The largest absolute Gasteiger partial charge is 0.390 e. The zero-order valence-corrected chi connectivity index (χ0v) is 8.45. The van der Waals surface area contributed by atoms with Crippen molar-refractivity contribution in [3.63, 3.8) is 0 Å². The summed E-state index contributed by atoms with van der Waals surface area (Å²) in [5, 5.41) is 12.1. The minimum absolute atomic E-state index is 0.185. The molecule has 9 heteroatoms. The Morgan fingerprint density at radius 3 is 2.88 bits per heavy atom. The van der Waals surface area contributed by atoms with E-state index in [1.165, 1.54) is 12.1 Å². The minimum Gasteiger partial charge on any atom is -0.368 e. The Bertz CT molecular complexity index is 572. The van der Waals surface area contributed by atoms with Crippen LogP contribution in [0.4, 0.5) is 19.0 Å². The minimum atomic E-state index is -4.22. The van der Waals surface area contributed by atoms with Gasteiger partial charge in [-0.3, -0.25) is 0 Å². The van der Waals surface area contributed by atoms with Gasteiger partial charge in [-0.25, -0.2) is 9.89 Å². The van der Waals surface area contributed by atoms with Gasteiger partial charge >= 0.3 is 11.9 Å². The number of alkyl halides is 3. The van der Waals surface area contributed by atoms with Crippen molar-refractivity contribution in [2.24, 2.45) is 0 Å². The molecule has 0 radical (unpaired) electrons. The molecule has 2 aromatic rings. The van der Waals surface area contributed by atoms with Crippen LogP contribution < -0.4 is 11.0 Å². The Morgan fingerprint density at radius 1 is 1.41 bits per heavy atom. The second-order valence-electron chi connectivity index (χ2n) is 3.31. The van der Waals surface area contributed by atoms with Crippen molar-refractivity contribution in [3.8, 4) is 0 Å². The molecule has 0 unspecified atom stereocenters. The van der Waals surface area contributed by atoms with E-state index in [-0.39, 0.29) is 12.4 Å². The zero-order valence-electron chi connectivity index (χ0n) is 8.45. The van der Waals surface area contributed by atoms with E-state index in [2.05, 4.69) is 20.6 Å². The van der Waals surface area contributed by atoms with Gasteiger partial charge in [-0.1, -0.05) is 0 Å². The summed E-state index contributed by atoms with van der Waals surface area (Å²) in [6.07, 6.45) is -5.18. The Labute approximate surface area is 92.4 Å². The molecule has 0 aliphatic rings. The average molecular weight is 247 g/mol. The zero-order chi connectivity index (χ0) is 12.5. The highest BCUT2D eigenvalue weighted by Crippen LogP contribution is 2.19. The van der Waals surface area contributed by atoms with Gasteiger partial charge in [0, 0.05) is 6.54 Å². The van der Waals surface area contributed by atoms with Gasteiger partial charge < -0.3 is 5.32 Å². The van der Waals surface area contributed by atoms with E-state index in [1.807, 2.05) is 0 Å². The number of hydrogen-bond donors (Lipinski definition) is 2. The number of halogens is 3. The lowest BCUT2D eigenvalue weighted by atomic mass is 10.4.